The van der Waals surface area contributed by atoms with Gasteiger partial charge >= 0.3 is 5.97 Å². The molecule has 0 spiro atoms. The van der Waals surface area contributed by atoms with Gasteiger partial charge < -0.3 is 10.4 Å². The molecule has 0 atom stereocenters. The molecule has 19 heavy (non-hydrogen) atoms. The SMILES string of the molecule is O=C(O)C1CCC(CNCc2ccc(Br)cc2)CC1. The van der Waals surface area contributed by atoms with Crippen molar-refractivity contribution in [2.75, 3.05) is 6.54 Å². The van der Waals surface area contributed by atoms with Crippen LogP contribution >= 0.6 is 15.9 Å². The Morgan fingerprint density at radius 1 is 1.21 bits per heavy atom. The maximum atomic E-state index is 10.9. The van der Waals surface area contributed by atoms with Crippen molar-refractivity contribution >= 4 is 21.9 Å². The second-order valence-electron chi connectivity index (χ2n) is 5.31. The third-order valence-electron chi connectivity index (χ3n) is 3.87. The van der Waals surface area contributed by atoms with E-state index in [1.165, 1.54) is 5.56 Å². The van der Waals surface area contributed by atoms with Crippen molar-refractivity contribution in [1.29, 1.82) is 0 Å². The van der Waals surface area contributed by atoms with Crippen molar-refractivity contribution in [1.82, 2.24) is 5.32 Å². The van der Waals surface area contributed by atoms with Gasteiger partial charge in [0.2, 0.25) is 0 Å². The highest BCUT2D eigenvalue weighted by Crippen LogP contribution is 2.28. The lowest BCUT2D eigenvalue weighted by atomic mass is 9.82. The average molecular weight is 326 g/mol. The van der Waals surface area contributed by atoms with Crippen molar-refractivity contribution in [3.63, 3.8) is 0 Å². The molecule has 4 heteroatoms. The Hall–Kier alpha value is -0.870. The van der Waals surface area contributed by atoms with Gasteiger partial charge in [-0.15, -0.1) is 0 Å². The third-order valence-corrected chi connectivity index (χ3v) is 4.40. The summed E-state index contributed by atoms with van der Waals surface area (Å²) in [5.41, 5.74) is 1.28. The fourth-order valence-electron chi connectivity index (χ4n) is 2.64. The smallest absolute Gasteiger partial charge is 0.306 e. The second kappa shape index (κ2) is 7.06. The molecule has 0 radical (unpaired) electrons. The summed E-state index contributed by atoms with van der Waals surface area (Å²) in [6.07, 6.45) is 3.73. The van der Waals surface area contributed by atoms with Crippen LogP contribution < -0.4 is 5.32 Å². The molecule has 0 saturated heterocycles. The fraction of sp³-hybridized carbons (Fsp3) is 0.533. The van der Waals surface area contributed by atoms with E-state index in [2.05, 4.69) is 45.5 Å². The number of benzene rings is 1. The van der Waals surface area contributed by atoms with Crippen LogP contribution in [0.4, 0.5) is 0 Å². The topological polar surface area (TPSA) is 49.3 Å². The largest absolute Gasteiger partial charge is 0.481 e. The minimum atomic E-state index is -0.624. The lowest BCUT2D eigenvalue weighted by Gasteiger charge is -2.26. The number of nitrogens with one attached hydrogen (secondary N) is 1. The molecule has 2 N–H and O–H groups in total. The van der Waals surface area contributed by atoms with Crippen molar-refractivity contribution in [3.8, 4) is 0 Å². The Bertz CT molecular complexity index is 411. The molecule has 2 rings (SSSR count). The highest BCUT2D eigenvalue weighted by Gasteiger charge is 2.25. The average Bonchev–Trinajstić information content (AvgIpc) is 2.41. The van der Waals surface area contributed by atoms with Crippen LogP contribution in [0.2, 0.25) is 0 Å². The van der Waals surface area contributed by atoms with Gasteiger partial charge in [0.15, 0.2) is 0 Å². The molecule has 1 aromatic carbocycles. The van der Waals surface area contributed by atoms with Crippen LogP contribution in [0.25, 0.3) is 0 Å². The van der Waals surface area contributed by atoms with Crippen LogP contribution in [0.5, 0.6) is 0 Å². The van der Waals surface area contributed by atoms with Gasteiger partial charge in [0, 0.05) is 11.0 Å². The van der Waals surface area contributed by atoms with Crippen molar-refractivity contribution in [3.05, 3.63) is 34.3 Å². The van der Waals surface area contributed by atoms with Crippen LogP contribution in [0.15, 0.2) is 28.7 Å². The summed E-state index contributed by atoms with van der Waals surface area (Å²) in [7, 11) is 0. The van der Waals surface area contributed by atoms with E-state index in [0.29, 0.717) is 5.92 Å². The van der Waals surface area contributed by atoms with Crippen molar-refractivity contribution < 1.29 is 9.90 Å². The van der Waals surface area contributed by atoms with Crippen LogP contribution in [-0.4, -0.2) is 17.6 Å². The molecular formula is C15H20BrNO2. The zero-order valence-corrected chi connectivity index (χ0v) is 12.5. The number of aliphatic carboxylic acids is 1. The number of rotatable bonds is 5. The molecule has 1 aromatic rings. The molecule has 104 valence electrons. The first-order valence-electron chi connectivity index (χ1n) is 6.83. The first kappa shape index (κ1) is 14.5. The van der Waals surface area contributed by atoms with E-state index >= 15 is 0 Å². The highest BCUT2D eigenvalue weighted by atomic mass is 79.9. The number of carboxylic acid groups (broad SMARTS) is 1. The van der Waals surface area contributed by atoms with E-state index in [-0.39, 0.29) is 5.92 Å². The quantitative estimate of drug-likeness (QED) is 0.871. The van der Waals surface area contributed by atoms with E-state index < -0.39 is 5.97 Å². The summed E-state index contributed by atoms with van der Waals surface area (Å²) >= 11 is 3.43. The minimum Gasteiger partial charge on any atom is -0.481 e. The molecule has 1 saturated carbocycles. The minimum absolute atomic E-state index is 0.109. The van der Waals surface area contributed by atoms with E-state index in [1.807, 2.05) is 0 Å². The van der Waals surface area contributed by atoms with Gasteiger partial charge in [0.25, 0.3) is 0 Å². The van der Waals surface area contributed by atoms with Gasteiger partial charge in [-0.05, 0) is 55.8 Å². The summed E-state index contributed by atoms with van der Waals surface area (Å²) in [5, 5.41) is 12.4. The number of hydrogen-bond donors (Lipinski definition) is 2. The zero-order chi connectivity index (χ0) is 13.7. The molecule has 1 aliphatic carbocycles. The Kier molecular flexibility index (Phi) is 5.40. The highest BCUT2D eigenvalue weighted by molar-refractivity contribution is 9.10. The molecule has 0 heterocycles. The number of hydrogen-bond acceptors (Lipinski definition) is 2. The van der Waals surface area contributed by atoms with Crippen LogP contribution in [-0.2, 0) is 11.3 Å². The van der Waals surface area contributed by atoms with Crippen molar-refractivity contribution in [2.45, 2.75) is 32.2 Å². The van der Waals surface area contributed by atoms with Gasteiger partial charge in [0.1, 0.15) is 0 Å². The van der Waals surface area contributed by atoms with Gasteiger partial charge in [-0.25, -0.2) is 0 Å². The Morgan fingerprint density at radius 2 is 1.84 bits per heavy atom. The molecule has 0 aliphatic heterocycles. The summed E-state index contributed by atoms with van der Waals surface area (Å²) in [6, 6.07) is 8.32. The Morgan fingerprint density at radius 3 is 2.42 bits per heavy atom. The maximum Gasteiger partial charge on any atom is 0.306 e. The predicted molar refractivity (Wildman–Crippen MR) is 78.9 cm³/mol. The van der Waals surface area contributed by atoms with E-state index in [0.717, 1.165) is 43.2 Å². The Balaban J connectivity index is 1.67. The van der Waals surface area contributed by atoms with Crippen molar-refractivity contribution in [2.24, 2.45) is 11.8 Å². The molecular weight excluding hydrogens is 306 g/mol. The monoisotopic (exact) mass is 325 g/mol. The second-order valence-corrected chi connectivity index (χ2v) is 6.23. The maximum absolute atomic E-state index is 10.9. The van der Waals surface area contributed by atoms with Crippen LogP contribution in [0.1, 0.15) is 31.2 Å². The molecule has 0 amide bonds. The van der Waals surface area contributed by atoms with Gasteiger partial charge in [-0.3, -0.25) is 4.79 Å². The van der Waals surface area contributed by atoms with Gasteiger partial charge in [-0.2, -0.15) is 0 Å². The molecule has 0 aromatic heterocycles. The zero-order valence-electron chi connectivity index (χ0n) is 10.9. The molecule has 1 aliphatic rings. The first-order chi connectivity index (χ1) is 9.15. The van der Waals surface area contributed by atoms with E-state index in [1.54, 1.807) is 0 Å². The number of carboxylic acids is 1. The Labute approximate surface area is 122 Å². The normalized spacial score (nSPS) is 23.2. The van der Waals surface area contributed by atoms with Gasteiger partial charge in [-0.1, -0.05) is 28.1 Å². The summed E-state index contributed by atoms with van der Waals surface area (Å²) < 4.78 is 1.10. The lowest BCUT2D eigenvalue weighted by Crippen LogP contribution is -2.28. The molecule has 0 bridgehead atoms. The predicted octanol–water partition coefficient (Wildman–Crippen LogP) is 3.43. The molecule has 1 fully saturated rings. The summed E-state index contributed by atoms with van der Waals surface area (Å²) in [4.78, 5) is 10.9. The number of carbonyl (C=O) groups is 1. The lowest BCUT2D eigenvalue weighted by molar-refractivity contribution is -0.143. The van der Waals surface area contributed by atoms with Crippen LogP contribution in [0, 0.1) is 11.8 Å². The third kappa shape index (κ3) is 4.62. The molecule has 0 unspecified atom stereocenters. The summed E-state index contributed by atoms with van der Waals surface area (Å²) in [5.74, 6) is -0.102. The fourth-order valence-corrected chi connectivity index (χ4v) is 2.90. The number of halogens is 1. The van der Waals surface area contributed by atoms with Crippen LogP contribution in [0.3, 0.4) is 0 Å². The molecule has 3 nitrogen and oxygen atoms in total. The van der Waals surface area contributed by atoms with E-state index in [9.17, 15) is 4.79 Å². The standard InChI is InChI=1S/C15H20BrNO2/c16-14-7-3-12(4-8-14)10-17-9-11-1-5-13(6-2-11)15(18)19/h3-4,7-8,11,13,17H,1-2,5-6,9-10H2,(H,18,19). The van der Waals surface area contributed by atoms with E-state index in [4.69, 9.17) is 5.11 Å². The van der Waals surface area contributed by atoms with Gasteiger partial charge in [0.05, 0.1) is 5.92 Å². The first-order valence-corrected chi connectivity index (χ1v) is 7.62. The summed E-state index contributed by atoms with van der Waals surface area (Å²) in [6.45, 7) is 1.87.